The van der Waals surface area contributed by atoms with Crippen LogP contribution in [-0.4, -0.2) is 14.8 Å². The summed E-state index contributed by atoms with van der Waals surface area (Å²) in [6.45, 7) is 1.94. The summed E-state index contributed by atoms with van der Waals surface area (Å²) >= 11 is 2.21. The van der Waals surface area contributed by atoms with Crippen molar-refractivity contribution < 1.29 is 0 Å². The van der Waals surface area contributed by atoms with Crippen molar-refractivity contribution >= 4 is 22.6 Å². The van der Waals surface area contributed by atoms with Gasteiger partial charge in [0.1, 0.15) is 0 Å². The van der Waals surface area contributed by atoms with Gasteiger partial charge in [-0.25, -0.2) is 9.67 Å². The molecule has 0 saturated heterocycles. The molecule has 1 atom stereocenters. The molecular formula is C10H11IN4. The van der Waals surface area contributed by atoms with E-state index in [0.29, 0.717) is 0 Å². The van der Waals surface area contributed by atoms with Crippen LogP contribution in [0.5, 0.6) is 0 Å². The molecule has 0 amide bonds. The number of nitrogens with two attached hydrogens (primary N) is 1. The lowest BCUT2D eigenvalue weighted by Crippen LogP contribution is -2.06. The predicted octanol–water partition coefficient (Wildman–Crippen LogP) is 1.89. The van der Waals surface area contributed by atoms with Gasteiger partial charge in [0.15, 0.2) is 5.82 Å². The van der Waals surface area contributed by atoms with Crippen molar-refractivity contribution in [3.05, 3.63) is 39.9 Å². The molecule has 0 saturated carbocycles. The fraction of sp³-hybridized carbons (Fsp3) is 0.200. The van der Waals surface area contributed by atoms with E-state index in [9.17, 15) is 0 Å². The van der Waals surface area contributed by atoms with Crippen LogP contribution in [0.3, 0.4) is 0 Å². The zero-order valence-electron chi connectivity index (χ0n) is 8.26. The summed E-state index contributed by atoms with van der Waals surface area (Å²) in [7, 11) is 0. The fourth-order valence-electron chi connectivity index (χ4n) is 1.23. The summed E-state index contributed by atoms with van der Waals surface area (Å²) < 4.78 is 2.83. The van der Waals surface area contributed by atoms with Crippen LogP contribution >= 0.6 is 22.6 Å². The second-order valence-electron chi connectivity index (χ2n) is 3.34. The van der Waals surface area contributed by atoms with Crippen LogP contribution in [0.15, 0.2) is 30.7 Å². The Morgan fingerprint density at radius 3 is 2.67 bits per heavy atom. The number of hydrogen-bond acceptors (Lipinski definition) is 3. The Morgan fingerprint density at radius 1 is 1.40 bits per heavy atom. The Hall–Kier alpha value is -0.950. The molecule has 2 heterocycles. The van der Waals surface area contributed by atoms with Gasteiger partial charge < -0.3 is 5.73 Å². The maximum Gasteiger partial charge on any atom is 0.153 e. The monoisotopic (exact) mass is 314 g/mol. The molecule has 0 aromatic carbocycles. The van der Waals surface area contributed by atoms with Gasteiger partial charge in [0.05, 0.1) is 9.77 Å². The fourth-order valence-corrected chi connectivity index (χ4v) is 1.62. The van der Waals surface area contributed by atoms with Gasteiger partial charge >= 0.3 is 0 Å². The van der Waals surface area contributed by atoms with Crippen LogP contribution in [0, 0.1) is 3.57 Å². The van der Waals surface area contributed by atoms with Gasteiger partial charge in [-0.3, -0.25) is 0 Å². The largest absolute Gasteiger partial charge is 0.324 e. The first-order valence-corrected chi connectivity index (χ1v) is 5.67. The van der Waals surface area contributed by atoms with E-state index in [4.69, 9.17) is 5.73 Å². The third-order valence-corrected chi connectivity index (χ3v) is 2.64. The lowest BCUT2D eigenvalue weighted by Gasteiger charge is -2.05. The first kappa shape index (κ1) is 10.6. The lowest BCUT2D eigenvalue weighted by atomic mass is 10.2. The number of pyridine rings is 1. The minimum atomic E-state index is 0.0179. The first-order chi connectivity index (χ1) is 7.16. The molecule has 0 aliphatic heterocycles. The van der Waals surface area contributed by atoms with Crippen LogP contribution in [0.2, 0.25) is 0 Å². The molecule has 0 radical (unpaired) electrons. The average Bonchev–Trinajstić information content (AvgIpc) is 2.65. The Labute approximate surface area is 102 Å². The van der Waals surface area contributed by atoms with E-state index in [-0.39, 0.29) is 6.04 Å². The van der Waals surface area contributed by atoms with Crippen molar-refractivity contribution in [1.29, 1.82) is 0 Å². The molecule has 2 aromatic heterocycles. The average molecular weight is 314 g/mol. The number of halogens is 1. The van der Waals surface area contributed by atoms with Gasteiger partial charge in [-0.2, -0.15) is 5.10 Å². The zero-order chi connectivity index (χ0) is 10.8. The standard InChI is InChI=1S/C10H11IN4/c1-7(12)8-2-3-10(13-4-8)15-6-9(11)5-14-15/h2-7H,12H2,1H3/t7-/m0/s1. The van der Waals surface area contributed by atoms with Crippen LogP contribution < -0.4 is 5.73 Å². The Balaban J connectivity index is 2.31. The quantitative estimate of drug-likeness (QED) is 0.861. The van der Waals surface area contributed by atoms with Gasteiger partial charge in [0.2, 0.25) is 0 Å². The summed E-state index contributed by atoms with van der Waals surface area (Å²) in [6.07, 6.45) is 5.50. The minimum absolute atomic E-state index is 0.0179. The van der Waals surface area contributed by atoms with Crippen LogP contribution in [0.25, 0.3) is 5.82 Å². The van der Waals surface area contributed by atoms with E-state index in [2.05, 4.69) is 32.7 Å². The summed E-state index contributed by atoms with van der Waals surface area (Å²) in [4.78, 5) is 4.30. The third-order valence-electron chi connectivity index (χ3n) is 2.08. The van der Waals surface area contributed by atoms with Crippen molar-refractivity contribution in [3.63, 3.8) is 0 Å². The van der Waals surface area contributed by atoms with E-state index < -0.39 is 0 Å². The molecule has 0 unspecified atom stereocenters. The minimum Gasteiger partial charge on any atom is -0.324 e. The summed E-state index contributed by atoms with van der Waals surface area (Å²) in [5, 5.41) is 4.18. The van der Waals surface area contributed by atoms with E-state index in [1.165, 1.54) is 0 Å². The van der Waals surface area contributed by atoms with Gasteiger partial charge in [-0.1, -0.05) is 6.07 Å². The number of aromatic nitrogens is 3. The molecule has 4 nitrogen and oxygen atoms in total. The second kappa shape index (κ2) is 4.28. The highest BCUT2D eigenvalue weighted by Gasteiger charge is 2.02. The number of hydrogen-bond donors (Lipinski definition) is 1. The van der Waals surface area contributed by atoms with Gasteiger partial charge in [0.25, 0.3) is 0 Å². The Morgan fingerprint density at radius 2 is 2.20 bits per heavy atom. The topological polar surface area (TPSA) is 56.7 Å². The van der Waals surface area contributed by atoms with Crippen LogP contribution in [0.4, 0.5) is 0 Å². The molecule has 0 spiro atoms. The zero-order valence-corrected chi connectivity index (χ0v) is 10.4. The van der Waals surface area contributed by atoms with Crippen molar-refractivity contribution in [1.82, 2.24) is 14.8 Å². The van der Waals surface area contributed by atoms with Crippen molar-refractivity contribution in [2.24, 2.45) is 5.73 Å². The van der Waals surface area contributed by atoms with E-state index in [0.717, 1.165) is 15.0 Å². The van der Waals surface area contributed by atoms with Gasteiger partial charge in [-0.15, -0.1) is 0 Å². The number of nitrogens with zero attached hydrogens (tertiary/aromatic N) is 3. The normalized spacial score (nSPS) is 12.7. The van der Waals surface area contributed by atoms with Crippen molar-refractivity contribution in [3.8, 4) is 5.82 Å². The van der Waals surface area contributed by atoms with Crippen LogP contribution in [0.1, 0.15) is 18.5 Å². The first-order valence-electron chi connectivity index (χ1n) is 4.59. The maximum atomic E-state index is 5.74. The van der Waals surface area contributed by atoms with E-state index >= 15 is 0 Å². The maximum absolute atomic E-state index is 5.74. The summed E-state index contributed by atoms with van der Waals surface area (Å²) in [5.41, 5.74) is 6.77. The van der Waals surface area contributed by atoms with Crippen LogP contribution in [-0.2, 0) is 0 Å². The second-order valence-corrected chi connectivity index (χ2v) is 4.59. The number of rotatable bonds is 2. The summed E-state index contributed by atoms with van der Waals surface area (Å²) in [6, 6.07) is 3.91. The SMILES string of the molecule is C[C@H](N)c1ccc(-n2cc(I)cn2)nc1. The molecule has 0 fully saturated rings. The lowest BCUT2D eigenvalue weighted by molar-refractivity contribution is 0.797. The highest BCUT2D eigenvalue weighted by molar-refractivity contribution is 14.1. The van der Waals surface area contributed by atoms with Crippen molar-refractivity contribution in [2.45, 2.75) is 13.0 Å². The Kier molecular flexibility index (Phi) is 3.01. The van der Waals surface area contributed by atoms with E-state index in [1.54, 1.807) is 17.1 Å². The molecule has 2 N–H and O–H groups in total. The molecule has 2 rings (SSSR count). The smallest absolute Gasteiger partial charge is 0.153 e. The van der Waals surface area contributed by atoms with E-state index in [1.807, 2.05) is 25.3 Å². The highest BCUT2D eigenvalue weighted by Crippen LogP contribution is 2.11. The Bertz CT molecular complexity index is 447. The molecule has 2 aromatic rings. The van der Waals surface area contributed by atoms with Gasteiger partial charge in [-0.05, 0) is 41.1 Å². The van der Waals surface area contributed by atoms with Gasteiger partial charge in [0, 0.05) is 18.4 Å². The molecular weight excluding hydrogens is 303 g/mol. The predicted molar refractivity (Wildman–Crippen MR) is 66.7 cm³/mol. The third kappa shape index (κ3) is 2.35. The molecule has 5 heteroatoms. The van der Waals surface area contributed by atoms with Crippen molar-refractivity contribution in [2.75, 3.05) is 0 Å². The molecule has 0 aliphatic carbocycles. The highest BCUT2D eigenvalue weighted by atomic mass is 127. The molecule has 0 bridgehead atoms. The molecule has 78 valence electrons. The molecule has 0 aliphatic rings. The summed E-state index contributed by atoms with van der Waals surface area (Å²) in [5.74, 6) is 0.808. The molecule has 15 heavy (non-hydrogen) atoms.